The first kappa shape index (κ1) is 10.3. The van der Waals surface area contributed by atoms with E-state index < -0.39 is 5.97 Å². The normalized spacial score (nSPS) is 20.5. The third-order valence-electron chi connectivity index (χ3n) is 2.62. The highest BCUT2D eigenvalue weighted by molar-refractivity contribution is 5.71. The van der Waals surface area contributed by atoms with Gasteiger partial charge in [0.2, 0.25) is 0 Å². The van der Waals surface area contributed by atoms with Crippen LogP contribution in [-0.4, -0.2) is 11.1 Å². The standard InChI is InChI=1S/C11H18O2/c1-9(11(12)13)8-10-6-4-2-3-5-7-10/h8-9H,2-7H2,1H3,(H,12,13). The van der Waals surface area contributed by atoms with E-state index >= 15 is 0 Å². The molecule has 1 unspecified atom stereocenters. The average molecular weight is 182 g/mol. The Morgan fingerprint density at radius 2 is 1.85 bits per heavy atom. The summed E-state index contributed by atoms with van der Waals surface area (Å²) in [6.45, 7) is 1.75. The summed E-state index contributed by atoms with van der Waals surface area (Å²) >= 11 is 0. The molecule has 1 saturated carbocycles. The molecule has 0 aromatic rings. The number of carboxylic acids is 1. The van der Waals surface area contributed by atoms with Crippen LogP contribution in [0.3, 0.4) is 0 Å². The van der Waals surface area contributed by atoms with Gasteiger partial charge in [0.1, 0.15) is 0 Å². The molecule has 2 nitrogen and oxygen atoms in total. The van der Waals surface area contributed by atoms with E-state index in [0.717, 1.165) is 12.8 Å². The van der Waals surface area contributed by atoms with Crippen molar-refractivity contribution in [1.82, 2.24) is 0 Å². The summed E-state index contributed by atoms with van der Waals surface area (Å²) in [6.07, 6.45) is 9.23. The molecular formula is C11H18O2. The van der Waals surface area contributed by atoms with Gasteiger partial charge < -0.3 is 5.11 Å². The Hall–Kier alpha value is -0.790. The van der Waals surface area contributed by atoms with Crippen LogP contribution in [0.25, 0.3) is 0 Å². The molecule has 0 bridgehead atoms. The van der Waals surface area contributed by atoms with E-state index in [1.165, 1.54) is 31.3 Å². The molecule has 0 aliphatic heterocycles. The van der Waals surface area contributed by atoms with Crippen molar-refractivity contribution in [3.05, 3.63) is 11.6 Å². The van der Waals surface area contributed by atoms with Gasteiger partial charge in [0.25, 0.3) is 0 Å². The Bertz CT molecular complexity index is 196. The largest absolute Gasteiger partial charge is 0.481 e. The second-order valence-corrected chi connectivity index (χ2v) is 3.87. The maximum absolute atomic E-state index is 10.6. The van der Waals surface area contributed by atoms with Gasteiger partial charge in [0.15, 0.2) is 0 Å². The van der Waals surface area contributed by atoms with E-state index in [1.54, 1.807) is 6.92 Å². The first-order valence-corrected chi connectivity index (χ1v) is 5.12. The van der Waals surface area contributed by atoms with E-state index in [9.17, 15) is 4.79 Å². The number of hydrogen-bond donors (Lipinski definition) is 1. The SMILES string of the molecule is CC(C=C1CCCCCC1)C(=O)O. The Kier molecular flexibility index (Phi) is 4.00. The van der Waals surface area contributed by atoms with Crippen molar-refractivity contribution in [2.45, 2.75) is 45.4 Å². The zero-order chi connectivity index (χ0) is 9.68. The smallest absolute Gasteiger partial charge is 0.310 e. The highest BCUT2D eigenvalue weighted by Crippen LogP contribution is 2.23. The molecule has 1 rings (SSSR count). The number of rotatable bonds is 2. The lowest BCUT2D eigenvalue weighted by Crippen LogP contribution is -2.06. The second-order valence-electron chi connectivity index (χ2n) is 3.87. The Morgan fingerprint density at radius 3 is 2.31 bits per heavy atom. The fourth-order valence-electron chi connectivity index (χ4n) is 1.77. The van der Waals surface area contributed by atoms with Crippen LogP contribution in [0, 0.1) is 5.92 Å². The summed E-state index contributed by atoms with van der Waals surface area (Å²) in [4.78, 5) is 10.6. The Labute approximate surface area is 79.6 Å². The van der Waals surface area contributed by atoms with Crippen molar-refractivity contribution in [2.75, 3.05) is 0 Å². The lowest BCUT2D eigenvalue weighted by atomic mass is 10.0. The third-order valence-corrected chi connectivity index (χ3v) is 2.62. The van der Waals surface area contributed by atoms with Gasteiger partial charge in [0, 0.05) is 0 Å². The maximum atomic E-state index is 10.6. The Morgan fingerprint density at radius 1 is 1.31 bits per heavy atom. The van der Waals surface area contributed by atoms with Gasteiger partial charge in [-0.2, -0.15) is 0 Å². The van der Waals surface area contributed by atoms with Crippen LogP contribution in [0.4, 0.5) is 0 Å². The topological polar surface area (TPSA) is 37.3 Å². The van der Waals surface area contributed by atoms with E-state index in [4.69, 9.17) is 5.11 Å². The zero-order valence-corrected chi connectivity index (χ0v) is 8.25. The van der Waals surface area contributed by atoms with Gasteiger partial charge >= 0.3 is 5.97 Å². The summed E-state index contributed by atoms with van der Waals surface area (Å²) < 4.78 is 0. The van der Waals surface area contributed by atoms with Gasteiger partial charge in [0.05, 0.1) is 5.92 Å². The number of carboxylic acid groups (broad SMARTS) is 1. The van der Waals surface area contributed by atoms with E-state index in [2.05, 4.69) is 0 Å². The minimum Gasteiger partial charge on any atom is -0.481 e. The van der Waals surface area contributed by atoms with Crippen LogP contribution >= 0.6 is 0 Å². The lowest BCUT2D eigenvalue weighted by Gasteiger charge is -2.05. The first-order valence-electron chi connectivity index (χ1n) is 5.12. The molecular weight excluding hydrogens is 164 g/mol. The van der Waals surface area contributed by atoms with Crippen LogP contribution in [0.1, 0.15) is 45.4 Å². The molecule has 0 heterocycles. The van der Waals surface area contributed by atoms with Crippen LogP contribution in [0.2, 0.25) is 0 Å². The van der Waals surface area contributed by atoms with Gasteiger partial charge in [-0.05, 0) is 32.6 Å². The summed E-state index contributed by atoms with van der Waals surface area (Å²) in [5, 5.41) is 8.74. The van der Waals surface area contributed by atoms with Crippen LogP contribution in [-0.2, 0) is 4.79 Å². The number of carbonyl (C=O) groups is 1. The van der Waals surface area contributed by atoms with Crippen molar-refractivity contribution < 1.29 is 9.90 Å². The summed E-state index contributed by atoms with van der Waals surface area (Å²) in [7, 11) is 0. The quantitative estimate of drug-likeness (QED) is 0.526. The van der Waals surface area contributed by atoms with E-state index in [-0.39, 0.29) is 5.92 Å². The van der Waals surface area contributed by atoms with E-state index in [1.807, 2.05) is 6.08 Å². The van der Waals surface area contributed by atoms with Gasteiger partial charge in [-0.25, -0.2) is 0 Å². The number of hydrogen-bond acceptors (Lipinski definition) is 1. The fourth-order valence-corrected chi connectivity index (χ4v) is 1.77. The highest BCUT2D eigenvalue weighted by Gasteiger charge is 2.10. The highest BCUT2D eigenvalue weighted by atomic mass is 16.4. The molecule has 1 aliphatic rings. The second kappa shape index (κ2) is 5.05. The van der Waals surface area contributed by atoms with Gasteiger partial charge in [-0.15, -0.1) is 0 Å². The monoisotopic (exact) mass is 182 g/mol. The van der Waals surface area contributed by atoms with Crippen molar-refractivity contribution in [3.63, 3.8) is 0 Å². The molecule has 0 saturated heterocycles. The summed E-state index contributed by atoms with van der Waals surface area (Å²) in [6, 6.07) is 0. The molecule has 1 aliphatic carbocycles. The molecule has 74 valence electrons. The minimum atomic E-state index is -0.711. The first-order chi connectivity index (χ1) is 6.20. The van der Waals surface area contributed by atoms with Crippen molar-refractivity contribution in [2.24, 2.45) is 5.92 Å². The molecule has 0 spiro atoms. The molecule has 2 heteroatoms. The summed E-state index contributed by atoms with van der Waals surface area (Å²) in [5.74, 6) is -1.02. The molecule has 0 aromatic carbocycles. The molecule has 13 heavy (non-hydrogen) atoms. The number of allylic oxidation sites excluding steroid dienone is 1. The predicted octanol–water partition coefficient (Wildman–Crippen LogP) is 2.99. The van der Waals surface area contributed by atoms with Crippen LogP contribution in [0.5, 0.6) is 0 Å². The van der Waals surface area contributed by atoms with Crippen molar-refractivity contribution in [3.8, 4) is 0 Å². The van der Waals surface area contributed by atoms with Gasteiger partial charge in [-0.1, -0.05) is 24.5 Å². The zero-order valence-electron chi connectivity index (χ0n) is 8.25. The third kappa shape index (κ3) is 3.62. The van der Waals surface area contributed by atoms with Gasteiger partial charge in [-0.3, -0.25) is 4.79 Å². The molecule has 1 fully saturated rings. The molecule has 1 N–H and O–H groups in total. The van der Waals surface area contributed by atoms with Crippen molar-refractivity contribution in [1.29, 1.82) is 0 Å². The predicted molar refractivity (Wildman–Crippen MR) is 52.6 cm³/mol. The minimum absolute atomic E-state index is 0.312. The lowest BCUT2D eigenvalue weighted by molar-refractivity contribution is -0.139. The number of aliphatic carboxylic acids is 1. The average Bonchev–Trinajstić information content (AvgIpc) is 2.32. The molecule has 0 radical (unpaired) electrons. The maximum Gasteiger partial charge on any atom is 0.310 e. The van der Waals surface area contributed by atoms with Crippen molar-refractivity contribution >= 4 is 5.97 Å². The summed E-state index contributed by atoms with van der Waals surface area (Å²) in [5.41, 5.74) is 1.35. The van der Waals surface area contributed by atoms with Crippen LogP contribution < -0.4 is 0 Å². The Balaban J connectivity index is 2.52. The van der Waals surface area contributed by atoms with E-state index in [0.29, 0.717) is 0 Å². The van der Waals surface area contributed by atoms with Crippen LogP contribution in [0.15, 0.2) is 11.6 Å². The fraction of sp³-hybridized carbons (Fsp3) is 0.727. The molecule has 0 amide bonds. The molecule has 1 atom stereocenters. The molecule has 0 aromatic heterocycles.